The first-order valence-electron chi connectivity index (χ1n) is 7.56. The molecule has 1 amide bonds. The molecule has 110 valence electrons. The first kappa shape index (κ1) is 14.3. The number of aryl methyl sites for hydroxylation is 1. The number of benzene rings is 2. The third-order valence-corrected chi connectivity index (χ3v) is 4.39. The van der Waals surface area contributed by atoms with Gasteiger partial charge in [0.25, 0.3) is 5.91 Å². The summed E-state index contributed by atoms with van der Waals surface area (Å²) in [5, 5.41) is 8.84. The van der Waals surface area contributed by atoms with Crippen LogP contribution in [0.15, 0.2) is 48.5 Å². The Balaban J connectivity index is 1.86. The van der Waals surface area contributed by atoms with E-state index in [1.807, 2.05) is 18.0 Å². The van der Waals surface area contributed by atoms with Crippen LogP contribution in [0.3, 0.4) is 0 Å². The predicted molar refractivity (Wildman–Crippen MR) is 85.4 cm³/mol. The zero-order chi connectivity index (χ0) is 15.5. The van der Waals surface area contributed by atoms with Crippen LogP contribution in [0, 0.1) is 11.3 Å². The van der Waals surface area contributed by atoms with Gasteiger partial charge in [0.2, 0.25) is 0 Å². The second kappa shape index (κ2) is 6.03. The third kappa shape index (κ3) is 2.60. The molecular weight excluding hydrogens is 272 g/mol. The van der Waals surface area contributed by atoms with Gasteiger partial charge in [0.1, 0.15) is 0 Å². The Labute approximate surface area is 130 Å². The minimum absolute atomic E-state index is 0.00573. The number of rotatable bonds is 2. The van der Waals surface area contributed by atoms with Crippen LogP contribution in [0.1, 0.15) is 45.9 Å². The zero-order valence-electron chi connectivity index (χ0n) is 12.6. The molecule has 2 aromatic carbocycles. The third-order valence-electron chi connectivity index (χ3n) is 4.39. The van der Waals surface area contributed by atoms with Gasteiger partial charge in [-0.25, -0.2) is 0 Å². The van der Waals surface area contributed by atoms with E-state index in [9.17, 15) is 4.79 Å². The number of fused-ring (bicyclic) bond motifs is 1. The highest BCUT2D eigenvalue weighted by atomic mass is 16.2. The van der Waals surface area contributed by atoms with Gasteiger partial charge in [0, 0.05) is 12.6 Å². The van der Waals surface area contributed by atoms with E-state index in [2.05, 4.69) is 24.3 Å². The maximum atomic E-state index is 12.7. The molecular formula is C19H18N2O. The topological polar surface area (TPSA) is 44.1 Å². The van der Waals surface area contributed by atoms with Crippen LogP contribution in [0.5, 0.6) is 0 Å². The Hall–Kier alpha value is -2.60. The number of hydrogen-bond donors (Lipinski definition) is 0. The summed E-state index contributed by atoms with van der Waals surface area (Å²) in [4.78, 5) is 14.5. The number of amides is 1. The highest BCUT2D eigenvalue weighted by Crippen LogP contribution is 2.34. The second-order valence-electron chi connectivity index (χ2n) is 5.71. The molecule has 0 fully saturated rings. The predicted octanol–water partition coefficient (Wildman–Crippen LogP) is 3.71. The lowest BCUT2D eigenvalue weighted by molar-refractivity contribution is 0.0715. The molecule has 0 aliphatic heterocycles. The van der Waals surface area contributed by atoms with Crippen molar-refractivity contribution in [1.82, 2.24) is 4.90 Å². The minimum Gasteiger partial charge on any atom is -0.335 e. The fourth-order valence-corrected chi connectivity index (χ4v) is 3.16. The van der Waals surface area contributed by atoms with E-state index in [4.69, 9.17) is 5.26 Å². The van der Waals surface area contributed by atoms with Gasteiger partial charge in [-0.1, -0.05) is 24.3 Å². The molecule has 0 heterocycles. The molecule has 0 aromatic heterocycles. The summed E-state index contributed by atoms with van der Waals surface area (Å²) in [6.07, 6.45) is 3.19. The molecule has 0 N–H and O–H groups in total. The highest BCUT2D eigenvalue weighted by Gasteiger charge is 2.26. The van der Waals surface area contributed by atoms with Gasteiger partial charge < -0.3 is 4.90 Å². The number of nitrogens with zero attached hydrogens (tertiary/aromatic N) is 2. The molecule has 1 atom stereocenters. The molecule has 22 heavy (non-hydrogen) atoms. The summed E-state index contributed by atoms with van der Waals surface area (Å²) < 4.78 is 0. The number of carbonyl (C=O) groups is 1. The number of hydrogen-bond acceptors (Lipinski definition) is 2. The van der Waals surface area contributed by atoms with E-state index in [1.54, 1.807) is 24.3 Å². The first-order chi connectivity index (χ1) is 10.7. The normalized spacial score (nSPS) is 16.5. The van der Waals surface area contributed by atoms with Crippen LogP contribution in [0.25, 0.3) is 0 Å². The molecule has 0 unspecified atom stereocenters. The molecule has 0 saturated heterocycles. The lowest BCUT2D eigenvalue weighted by atomic mass is 9.87. The summed E-state index contributed by atoms with van der Waals surface area (Å²) >= 11 is 0. The summed E-state index contributed by atoms with van der Waals surface area (Å²) in [7, 11) is 1.87. The number of nitriles is 1. The Kier molecular flexibility index (Phi) is 3.93. The van der Waals surface area contributed by atoms with Gasteiger partial charge in [0.05, 0.1) is 17.7 Å². The highest BCUT2D eigenvalue weighted by molar-refractivity contribution is 5.94. The van der Waals surface area contributed by atoms with Crippen molar-refractivity contribution in [3.63, 3.8) is 0 Å². The fourth-order valence-electron chi connectivity index (χ4n) is 3.16. The first-order valence-corrected chi connectivity index (χ1v) is 7.56. The number of carbonyl (C=O) groups excluding carboxylic acids is 1. The van der Waals surface area contributed by atoms with Crippen LogP contribution in [0.2, 0.25) is 0 Å². The summed E-state index contributed by atoms with van der Waals surface area (Å²) in [6, 6.07) is 17.4. The van der Waals surface area contributed by atoms with Gasteiger partial charge >= 0.3 is 0 Å². The average molecular weight is 290 g/mol. The van der Waals surface area contributed by atoms with E-state index in [0.717, 1.165) is 19.3 Å². The average Bonchev–Trinajstić information content (AvgIpc) is 2.60. The monoisotopic (exact) mass is 290 g/mol. The van der Waals surface area contributed by atoms with Crippen molar-refractivity contribution in [3.8, 4) is 6.07 Å². The summed E-state index contributed by atoms with van der Waals surface area (Å²) in [5.41, 5.74) is 3.81. The zero-order valence-corrected chi connectivity index (χ0v) is 12.6. The van der Waals surface area contributed by atoms with Crippen molar-refractivity contribution in [1.29, 1.82) is 5.26 Å². The van der Waals surface area contributed by atoms with Gasteiger partial charge in [-0.05, 0) is 54.7 Å². The molecule has 3 heteroatoms. The van der Waals surface area contributed by atoms with Crippen molar-refractivity contribution in [2.24, 2.45) is 0 Å². The maximum absolute atomic E-state index is 12.7. The standard InChI is InChI=1S/C19H18N2O/c1-21(19(22)16-11-9-14(13-20)10-12-16)18-8-4-6-15-5-2-3-7-17(15)18/h2-3,5,7,9-12,18H,4,6,8H2,1H3/t18-/m1/s1. The van der Waals surface area contributed by atoms with Gasteiger partial charge in [-0.15, -0.1) is 0 Å². The van der Waals surface area contributed by atoms with Crippen molar-refractivity contribution < 1.29 is 4.79 Å². The molecule has 3 rings (SSSR count). The largest absolute Gasteiger partial charge is 0.335 e. The van der Waals surface area contributed by atoms with Crippen LogP contribution in [0.4, 0.5) is 0 Å². The van der Waals surface area contributed by atoms with Crippen LogP contribution < -0.4 is 0 Å². The maximum Gasteiger partial charge on any atom is 0.254 e. The van der Waals surface area contributed by atoms with Crippen molar-refractivity contribution in [3.05, 3.63) is 70.8 Å². The van der Waals surface area contributed by atoms with Crippen molar-refractivity contribution >= 4 is 5.91 Å². The van der Waals surface area contributed by atoms with Crippen LogP contribution in [-0.2, 0) is 6.42 Å². The quantitative estimate of drug-likeness (QED) is 0.846. The fraction of sp³-hybridized carbons (Fsp3) is 0.263. The van der Waals surface area contributed by atoms with Gasteiger partial charge in [0.15, 0.2) is 0 Å². The van der Waals surface area contributed by atoms with E-state index in [-0.39, 0.29) is 11.9 Å². The van der Waals surface area contributed by atoms with E-state index < -0.39 is 0 Å². The van der Waals surface area contributed by atoms with E-state index in [1.165, 1.54) is 11.1 Å². The van der Waals surface area contributed by atoms with Crippen LogP contribution in [-0.4, -0.2) is 17.9 Å². The molecule has 0 radical (unpaired) electrons. The van der Waals surface area contributed by atoms with Crippen molar-refractivity contribution in [2.75, 3.05) is 7.05 Å². The lowest BCUT2D eigenvalue weighted by Crippen LogP contribution is -2.33. The summed E-state index contributed by atoms with van der Waals surface area (Å²) in [5.74, 6) is 0.00573. The Bertz CT molecular complexity index is 728. The Morgan fingerprint density at radius 3 is 2.64 bits per heavy atom. The molecule has 0 saturated carbocycles. The lowest BCUT2D eigenvalue weighted by Gasteiger charge is -2.33. The Morgan fingerprint density at radius 2 is 1.91 bits per heavy atom. The molecule has 0 bridgehead atoms. The minimum atomic E-state index is 0.00573. The van der Waals surface area contributed by atoms with Crippen molar-refractivity contribution in [2.45, 2.75) is 25.3 Å². The van der Waals surface area contributed by atoms with Crippen LogP contribution >= 0.6 is 0 Å². The SMILES string of the molecule is CN(C(=O)c1ccc(C#N)cc1)[C@@H]1CCCc2ccccc21. The van der Waals surface area contributed by atoms with Gasteiger partial charge in [-0.3, -0.25) is 4.79 Å². The van der Waals surface area contributed by atoms with E-state index in [0.29, 0.717) is 11.1 Å². The molecule has 0 spiro atoms. The van der Waals surface area contributed by atoms with Gasteiger partial charge in [-0.2, -0.15) is 5.26 Å². The molecule has 1 aliphatic carbocycles. The summed E-state index contributed by atoms with van der Waals surface area (Å²) in [6.45, 7) is 0. The smallest absolute Gasteiger partial charge is 0.254 e. The second-order valence-corrected chi connectivity index (χ2v) is 5.71. The molecule has 2 aromatic rings. The van der Waals surface area contributed by atoms with E-state index >= 15 is 0 Å². The molecule has 3 nitrogen and oxygen atoms in total. The molecule has 1 aliphatic rings. The Morgan fingerprint density at radius 1 is 1.18 bits per heavy atom.